The van der Waals surface area contributed by atoms with E-state index in [9.17, 15) is 9.59 Å². The molecule has 0 N–H and O–H groups in total. The molecule has 6 heteroatoms. The molecule has 2 aliphatic heterocycles. The van der Waals surface area contributed by atoms with Crippen LogP contribution in [0.3, 0.4) is 0 Å². The van der Waals surface area contributed by atoms with Crippen LogP contribution < -0.4 is 0 Å². The van der Waals surface area contributed by atoms with Crippen LogP contribution in [0.4, 0.5) is 0 Å². The van der Waals surface area contributed by atoms with Crippen molar-refractivity contribution >= 4 is 11.8 Å². The van der Waals surface area contributed by atoms with Crippen molar-refractivity contribution in [3.8, 4) is 0 Å². The third-order valence-corrected chi connectivity index (χ3v) is 14.9. The fourth-order valence-corrected chi connectivity index (χ4v) is 11.7. The Balaban J connectivity index is 1.03. The van der Waals surface area contributed by atoms with Crippen LogP contribution in [-0.2, 0) is 22.7 Å². The smallest absolute Gasteiger partial charge is 0.253 e. The Morgan fingerprint density at radius 2 is 1.02 bits per heavy atom. The first-order valence-electron chi connectivity index (χ1n) is 22.3. The molecule has 2 heterocycles. The van der Waals surface area contributed by atoms with E-state index in [0.717, 1.165) is 68.2 Å². The zero-order chi connectivity index (χ0) is 36.7. The predicted octanol–water partition coefficient (Wildman–Crippen LogP) is 8.96. The van der Waals surface area contributed by atoms with E-state index in [2.05, 4.69) is 75.4 Å². The van der Waals surface area contributed by atoms with Crippen molar-refractivity contribution in [1.82, 2.24) is 19.6 Å². The van der Waals surface area contributed by atoms with Crippen molar-refractivity contribution in [2.75, 3.05) is 39.3 Å². The number of rotatable bonds is 18. The maximum absolute atomic E-state index is 12.6. The highest BCUT2D eigenvalue weighted by atomic mass is 16.2. The molecule has 2 aromatic carbocycles. The zero-order valence-electron chi connectivity index (χ0n) is 33.1. The first-order valence-corrected chi connectivity index (χ1v) is 22.3. The molecule has 5 fully saturated rings. The van der Waals surface area contributed by atoms with Gasteiger partial charge in [0.1, 0.15) is 0 Å². The summed E-state index contributed by atoms with van der Waals surface area (Å²) >= 11 is 0. The summed E-state index contributed by atoms with van der Waals surface area (Å²) in [5, 5.41) is 0. The monoisotopic (exact) mass is 733 g/mol. The van der Waals surface area contributed by atoms with E-state index >= 15 is 0 Å². The van der Waals surface area contributed by atoms with Crippen LogP contribution in [0.5, 0.6) is 0 Å². The van der Waals surface area contributed by atoms with Gasteiger partial charge in [-0.3, -0.25) is 29.2 Å². The first kappa shape index (κ1) is 38.1. The summed E-state index contributed by atoms with van der Waals surface area (Å²) < 4.78 is 0. The predicted molar refractivity (Wildman–Crippen MR) is 218 cm³/mol. The van der Waals surface area contributed by atoms with Crippen LogP contribution in [0.1, 0.15) is 114 Å². The number of imide groups is 1. The Morgan fingerprint density at radius 1 is 0.519 bits per heavy atom. The molecule has 2 amide bonds. The Labute approximate surface area is 326 Å². The third-order valence-electron chi connectivity index (χ3n) is 14.9. The van der Waals surface area contributed by atoms with Crippen molar-refractivity contribution in [1.29, 1.82) is 0 Å². The zero-order valence-corrected chi connectivity index (χ0v) is 33.1. The average Bonchev–Trinajstić information content (AvgIpc) is 4.02. The van der Waals surface area contributed by atoms with Crippen LogP contribution >= 0.6 is 0 Å². The Morgan fingerprint density at radius 3 is 1.57 bits per heavy atom. The maximum atomic E-state index is 12.6. The standard InChI is InChI=1S/C48H68N4O2/c53-47-24-25-48(54)52(47)27-26-49-35-45(50(31-40-12-3-1-4-13-40)33-43-22-20-39(29-43)19-18-37-16-9-17-37)46(36-49)51(32-41-14-5-2-6-15-41)34-44-23-21-42(30-44)28-38-10-7-8-11-38/h1-6,12-15,24-25,37-39,42-46H,7-11,16-23,26-36H2. The normalized spacial score (nSPS) is 29.5. The summed E-state index contributed by atoms with van der Waals surface area (Å²) in [5.74, 6) is 5.00. The fourth-order valence-electron chi connectivity index (χ4n) is 11.7. The van der Waals surface area contributed by atoms with Crippen molar-refractivity contribution in [2.45, 2.75) is 128 Å². The molecule has 54 heavy (non-hydrogen) atoms. The highest BCUT2D eigenvalue weighted by Crippen LogP contribution is 2.42. The van der Waals surface area contributed by atoms with E-state index in [0.29, 0.717) is 18.6 Å². The van der Waals surface area contributed by atoms with Crippen molar-refractivity contribution in [3.05, 3.63) is 83.9 Å². The van der Waals surface area contributed by atoms with E-state index in [-0.39, 0.29) is 11.8 Å². The summed E-state index contributed by atoms with van der Waals surface area (Å²) in [7, 11) is 0. The third kappa shape index (κ3) is 9.95. The molecule has 8 rings (SSSR count). The second-order valence-electron chi connectivity index (χ2n) is 18.7. The SMILES string of the molecule is O=C1C=CC(=O)N1CCN1CC(N(Cc2ccccc2)CC2CCC(CCC3CCC3)C2)C(N(Cc2ccccc2)CC2CCC(CC3CCCC3)C2)C1. The van der Waals surface area contributed by atoms with Gasteiger partial charge in [0, 0.05) is 76.6 Å². The van der Waals surface area contributed by atoms with E-state index < -0.39 is 0 Å². The minimum atomic E-state index is -0.162. The number of carbonyl (C=O) groups excluding carboxylic acids is 2. The van der Waals surface area contributed by atoms with Gasteiger partial charge in [0.15, 0.2) is 0 Å². The molecule has 6 nitrogen and oxygen atoms in total. The highest BCUT2D eigenvalue weighted by Gasteiger charge is 2.43. The number of hydrogen-bond acceptors (Lipinski definition) is 5. The number of carbonyl (C=O) groups is 2. The van der Waals surface area contributed by atoms with Gasteiger partial charge >= 0.3 is 0 Å². The van der Waals surface area contributed by atoms with E-state index in [1.165, 1.54) is 144 Å². The summed E-state index contributed by atoms with van der Waals surface area (Å²) in [6.45, 7) is 7.49. The van der Waals surface area contributed by atoms with E-state index in [4.69, 9.17) is 0 Å². The molecule has 2 aromatic rings. The average molecular weight is 733 g/mol. The molecule has 6 aliphatic rings. The van der Waals surface area contributed by atoms with Gasteiger partial charge in [0.2, 0.25) is 0 Å². The first-order chi connectivity index (χ1) is 26.5. The summed E-state index contributed by atoms with van der Waals surface area (Å²) in [6.07, 6.45) is 25.8. The molecule has 0 spiro atoms. The summed E-state index contributed by atoms with van der Waals surface area (Å²) in [4.78, 5) is 35.0. The Kier molecular flexibility index (Phi) is 13.0. The largest absolute Gasteiger partial charge is 0.298 e. The lowest BCUT2D eigenvalue weighted by molar-refractivity contribution is -0.136. The molecule has 1 saturated heterocycles. The number of amides is 2. The lowest BCUT2D eigenvalue weighted by atomic mass is 9.80. The van der Waals surface area contributed by atoms with Crippen LogP contribution in [0, 0.1) is 35.5 Å². The maximum Gasteiger partial charge on any atom is 0.253 e. The molecular formula is C48H68N4O2. The van der Waals surface area contributed by atoms with Crippen molar-refractivity contribution < 1.29 is 9.59 Å². The highest BCUT2D eigenvalue weighted by molar-refractivity contribution is 6.12. The minimum Gasteiger partial charge on any atom is -0.298 e. The molecule has 6 unspecified atom stereocenters. The summed E-state index contributed by atoms with van der Waals surface area (Å²) in [6, 6.07) is 23.2. The molecule has 4 saturated carbocycles. The van der Waals surface area contributed by atoms with E-state index in [1.807, 2.05) is 0 Å². The lowest BCUT2D eigenvalue weighted by Crippen LogP contribution is -2.52. The molecular weight excluding hydrogens is 665 g/mol. The molecule has 292 valence electrons. The van der Waals surface area contributed by atoms with Gasteiger partial charge in [-0.05, 0) is 78.7 Å². The second kappa shape index (κ2) is 18.4. The molecule has 6 atom stereocenters. The minimum absolute atomic E-state index is 0.162. The van der Waals surface area contributed by atoms with Crippen molar-refractivity contribution in [2.24, 2.45) is 35.5 Å². The molecule has 0 radical (unpaired) electrons. The van der Waals surface area contributed by atoms with E-state index in [1.54, 1.807) is 0 Å². The van der Waals surface area contributed by atoms with Gasteiger partial charge in [0.25, 0.3) is 11.8 Å². The number of hydrogen-bond donors (Lipinski definition) is 0. The quantitative estimate of drug-likeness (QED) is 0.143. The number of likely N-dealkylation sites (tertiary alicyclic amines) is 1. The van der Waals surface area contributed by atoms with Gasteiger partial charge in [-0.1, -0.05) is 131 Å². The Bertz CT molecular complexity index is 1500. The van der Waals surface area contributed by atoms with Crippen LogP contribution in [0.2, 0.25) is 0 Å². The summed E-state index contributed by atoms with van der Waals surface area (Å²) in [5.41, 5.74) is 2.82. The molecule has 4 aliphatic carbocycles. The van der Waals surface area contributed by atoms with Crippen LogP contribution in [0.15, 0.2) is 72.8 Å². The van der Waals surface area contributed by atoms with Gasteiger partial charge < -0.3 is 0 Å². The number of benzene rings is 2. The van der Waals surface area contributed by atoms with Crippen LogP contribution in [0.25, 0.3) is 0 Å². The Hall–Kier alpha value is -2.80. The van der Waals surface area contributed by atoms with Crippen LogP contribution in [-0.4, -0.2) is 82.8 Å². The van der Waals surface area contributed by atoms with Gasteiger partial charge in [-0.2, -0.15) is 0 Å². The molecule has 0 aromatic heterocycles. The van der Waals surface area contributed by atoms with Gasteiger partial charge in [-0.25, -0.2) is 0 Å². The van der Waals surface area contributed by atoms with Gasteiger partial charge in [0.05, 0.1) is 0 Å². The number of nitrogens with zero attached hydrogens (tertiary/aromatic N) is 4. The molecule has 0 bridgehead atoms. The fraction of sp³-hybridized carbons (Fsp3) is 0.667. The van der Waals surface area contributed by atoms with Crippen molar-refractivity contribution in [3.63, 3.8) is 0 Å². The second-order valence-corrected chi connectivity index (χ2v) is 18.7. The topological polar surface area (TPSA) is 47.1 Å². The lowest BCUT2D eigenvalue weighted by Gasteiger charge is -2.40. The van der Waals surface area contributed by atoms with Gasteiger partial charge in [-0.15, -0.1) is 0 Å².